The highest BCUT2D eigenvalue weighted by Crippen LogP contribution is 2.28. The van der Waals surface area contributed by atoms with Gasteiger partial charge in [-0.15, -0.1) is 0 Å². The van der Waals surface area contributed by atoms with E-state index in [4.69, 9.17) is 0 Å². The Morgan fingerprint density at radius 3 is 2.19 bits per heavy atom. The molecule has 1 nitrogen and oxygen atoms in total. The Labute approximate surface area is 129 Å². The lowest BCUT2D eigenvalue weighted by molar-refractivity contribution is -0.115. The van der Waals surface area contributed by atoms with Crippen molar-refractivity contribution in [3.8, 4) is 0 Å². The van der Waals surface area contributed by atoms with Gasteiger partial charge in [-0.1, -0.05) is 39.0 Å². The highest BCUT2D eigenvalue weighted by atomic mass is 16.1. The molecule has 0 N–H and O–H groups in total. The van der Waals surface area contributed by atoms with Crippen molar-refractivity contribution < 1.29 is 4.79 Å². The number of aryl methyl sites for hydroxylation is 2. The second kappa shape index (κ2) is 6.17. The van der Waals surface area contributed by atoms with Gasteiger partial charge in [-0.25, -0.2) is 0 Å². The molecule has 0 unspecified atom stereocenters. The monoisotopic (exact) mass is 284 g/mol. The van der Waals surface area contributed by atoms with Crippen molar-refractivity contribution in [2.75, 3.05) is 0 Å². The van der Waals surface area contributed by atoms with Crippen LogP contribution < -0.4 is 0 Å². The van der Waals surface area contributed by atoms with E-state index in [1.807, 2.05) is 0 Å². The Balaban J connectivity index is 2.25. The molecule has 0 fully saturated rings. The third-order valence-electron chi connectivity index (χ3n) is 4.55. The number of hydrogen-bond acceptors (Lipinski definition) is 1. The number of carbonyl (C=O) groups excluding carboxylic acids is 1. The lowest BCUT2D eigenvalue weighted by atomic mass is 9.82. The zero-order valence-corrected chi connectivity index (χ0v) is 14.2. The molecule has 0 heterocycles. The Kier molecular flexibility index (Phi) is 4.70. The third-order valence-corrected chi connectivity index (χ3v) is 4.55. The molecule has 1 aromatic carbocycles. The first-order chi connectivity index (χ1) is 9.79. The summed E-state index contributed by atoms with van der Waals surface area (Å²) in [6.45, 7) is 11.0. The molecule has 0 bridgehead atoms. The Hall–Kier alpha value is -1.37. The molecular weight excluding hydrogens is 256 g/mol. The van der Waals surface area contributed by atoms with E-state index in [0.717, 1.165) is 18.4 Å². The molecular formula is C20H28O. The Bertz CT molecular complexity index is 547. The minimum atomic E-state index is 0.157. The van der Waals surface area contributed by atoms with Crippen molar-refractivity contribution in [1.29, 1.82) is 0 Å². The smallest absolute Gasteiger partial charge is 0.162 e. The van der Waals surface area contributed by atoms with Crippen LogP contribution in [0.5, 0.6) is 0 Å². The molecule has 0 radical (unpaired) electrons. The molecule has 0 atom stereocenters. The molecule has 114 valence electrons. The molecule has 0 aliphatic heterocycles. The van der Waals surface area contributed by atoms with E-state index in [2.05, 4.69) is 52.8 Å². The maximum atomic E-state index is 12.5. The van der Waals surface area contributed by atoms with Gasteiger partial charge in [-0.3, -0.25) is 4.79 Å². The fraction of sp³-hybridized carbons (Fsp3) is 0.550. The normalized spacial score (nSPS) is 15.8. The van der Waals surface area contributed by atoms with Gasteiger partial charge in [-0.2, -0.15) is 0 Å². The summed E-state index contributed by atoms with van der Waals surface area (Å²) in [5, 5.41) is 0. The van der Waals surface area contributed by atoms with Crippen LogP contribution in [0, 0.1) is 13.8 Å². The quantitative estimate of drug-likeness (QED) is 0.744. The Morgan fingerprint density at radius 2 is 1.71 bits per heavy atom. The maximum absolute atomic E-state index is 12.5. The first-order valence-corrected chi connectivity index (χ1v) is 8.12. The van der Waals surface area contributed by atoms with Crippen molar-refractivity contribution in [1.82, 2.24) is 0 Å². The topological polar surface area (TPSA) is 17.1 Å². The van der Waals surface area contributed by atoms with E-state index in [9.17, 15) is 4.79 Å². The summed E-state index contributed by atoms with van der Waals surface area (Å²) in [4.78, 5) is 12.5. The van der Waals surface area contributed by atoms with Crippen LogP contribution in [-0.2, 0) is 16.6 Å². The van der Waals surface area contributed by atoms with Gasteiger partial charge in [0.1, 0.15) is 0 Å². The molecule has 0 saturated heterocycles. The van der Waals surface area contributed by atoms with Crippen molar-refractivity contribution in [3.05, 3.63) is 46.0 Å². The summed E-state index contributed by atoms with van der Waals surface area (Å²) in [5.74, 6) is 0.324. The van der Waals surface area contributed by atoms with Crippen LogP contribution in [0.3, 0.4) is 0 Å². The van der Waals surface area contributed by atoms with Crippen LogP contribution in [0.25, 0.3) is 0 Å². The van der Waals surface area contributed by atoms with Crippen LogP contribution in [0.1, 0.15) is 68.7 Å². The Morgan fingerprint density at radius 1 is 1.10 bits per heavy atom. The highest BCUT2D eigenvalue weighted by molar-refractivity contribution is 5.97. The number of hydrogen-bond donors (Lipinski definition) is 0. The zero-order valence-electron chi connectivity index (χ0n) is 14.2. The van der Waals surface area contributed by atoms with Crippen LogP contribution in [-0.4, -0.2) is 5.78 Å². The number of benzene rings is 1. The van der Waals surface area contributed by atoms with E-state index in [-0.39, 0.29) is 5.41 Å². The van der Waals surface area contributed by atoms with Crippen LogP contribution >= 0.6 is 0 Å². The molecule has 1 aliphatic rings. The predicted octanol–water partition coefficient (Wildman–Crippen LogP) is 5.21. The van der Waals surface area contributed by atoms with Crippen molar-refractivity contribution >= 4 is 5.78 Å². The van der Waals surface area contributed by atoms with Crippen molar-refractivity contribution in [2.45, 2.75) is 72.1 Å². The summed E-state index contributed by atoms with van der Waals surface area (Å²) < 4.78 is 0. The van der Waals surface area contributed by atoms with E-state index < -0.39 is 0 Å². The van der Waals surface area contributed by atoms with E-state index in [0.29, 0.717) is 12.2 Å². The number of allylic oxidation sites excluding steroid dienone is 2. The van der Waals surface area contributed by atoms with Gasteiger partial charge >= 0.3 is 0 Å². The third kappa shape index (κ3) is 3.84. The molecule has 0 amide bonds. The second-order valence-corrected chi connectivity index (χ2v) is 7.41. The van der Waals surface area contributed by atoms with E-state index in [1.54, 1.807) is 0 Å². The van der Waals surface area contributed by atoms with Gasteiger partial charge in [0, 0.05) is 6.42 Å². The van der Waals surface area contributed by atoms with Crippen LogP contribution in [0.4, 0.5) is 0 Å². The van der Waals surface area contributed by atoms with Crippen LogP contribution in [0.15, 0.2) is 23.8 Å². The van der Waals surface area contributed by atoms with Gasteiger partial charge in [0.25, 0.3) is 0 Å². The number of Topliss-reactive ketones (excluding diaryl/α,β-unsaturated/α-hetero) is 1. The number of carbonyl (C=O) groups is 1. The second-order valence-electron chi connectivity index (χ2n) is 7.41. The SMILES string of the molecule is Cc1cc(C(C)(C)C)cc(C)c1CC(=O)C1=CCCCC1. The summed E-state index contributed by atoms with van der Waals surface area (Å²) in [6, 6.07) is 4.51. The number of rotatable bonds is 3. The first kappa shape index (κ1) is 16.0. The lowest BCUT2D eigenvalue weighted by Crippen LogP contribution is -2.15. The summed E-state index contributed by atoms with van der Waals surface area (Å²) in [7, 11) is 0. The lowest BCUT2D eigenvalue weighted by Gasteiger charge is -2.22. The molecule has 0 aromatic heterocycles. The van der Waals surface area contributed by atoms with E-state index in [1.165, 1.54) is 35.1 Å². The van der Waals surface area contributed by atoms with Crippen LogP contribution in [0.2, 0.25) is 0 Å². The standard InChI is InChI=1S/C20H28O/c1-14-11-17(20(3,4)5)12-15(2)18(14)13-19(21)16-9-7-6-8-10-16/h9,11-12H,6-8,10,13H2,1-5H3. The minimum Gasteiger partial charge on any atom is -0.294 e. The largest absolute Gasteiger partial charge is 0.294 e. The predicted molar refractivity (Wildman–Crippen MR) is 89.9 cm³/mol. The van der Waals surface area contributed by atoms with Gasteiger partial charge < -0.3 is 0 Å². The summed E-state index contributed by atoms with van der Waals surface area (Å²) >= 11 is 0. The highest BCUT2D eigenvalue weighted by Gasteiger charge is 2.19. The minimum absolute atomic E-state index is 0.157. The van der Waals surface area contributed by atoms with Crippen molar-refractivity contribution in [3.63, 3.8) is 0 Å². The number of ketones is 1. The summed E-state index contributed by atoms with van der Waals surface area (Å²) in [6.07, 6.45) is 7.15. The molecule has 0 saturated carbocycles. The molecule has 2 rings (SSSR count). The van der Waals surface area contributed by atoms with Gasteiger partial charge in [0.2, 0.25) is 0 Å². The first-order valence-electron chi connectivity index (χ1n) is 8.12. The van der Waals surface area contributed by atoms with Gasteiger partial charge in [0.15, 0.2) is 5.78 Å². The van der Waals surface area contributed by atoms with Gasteiger partial charge in [-0.05, 0) is 72.8 Å². The fourth-order valence-electron chi connectivity index (χ4n) is 3.07. The molecule has 1 aromatic rings. The van der Waals surface area contributed by atoms with Crippen molar-refractivity contribution in [2.24, 2.45) is 0 Å². The summed E-state index contributed by atoms with van der Waals surface area (Å²) in [5.41, 5.74) is 6.30. The fourth-order valence-corrected chi connectivity index (χ4v) is 3.07. The molecule has 1 heteroatoms. The molecule has 0 spiro atoms. The molecule has 1 aliphatic carbocycles. The zero-order chi connectivity index (χ0) is 15.6. The average Bonchev–Trinajstić information content (AvgIpc) is 2.42. The van der Waals surface area contributed by atoms with Gasteiger partial charge in [0.05, 0.1) is 0 Å². The average molecular weight is 284 g/mol. The van der Waals surface area contributed by atoms with E-state index >= 15 is 0 Å². The molecule has 21 heavy (non-hydrogen) atoms. The maximum Gasteiger partial charge on any atom is 0.162 e.